The third-order valence-corrected chi connectivity index (χ3v) is 4.68. The van der Waals surface area contributed by atoms with Gasteiger partial charge in [0.25, 0.3) is 5.79 Å². The van der Waals surface area contributed by atoms with E-state index in [1.165, 1.54) is 6.92 Å². The zero-order chi connectivity index (χ0) is 18.4. The maximum atomic E-state index is 11.5. The van der Waals surface area contributed by atoms with Gasteiger partial charge in [-0.05, 0) is 30.5 Å². The second kappa shape index (κ2) is 8.45. The number of benzene rings is 2. The molecule has 0 amide bonds. The Labute approximate surface area is 159 Å². The van der Waals surface area contributed by atoms with Gasteiger partial charge < -0.3 is 14.2 Å². The van der Waals surface area contributed by atoms with Crippen molar-refractivity contribution in [3.05, 3.63) is 59.1 Å². The molecule has 0 atom stereocenters. The van der Waals surface area contributed by atoms with Crippen LogP contribution in [0.1, 0.15) is 44.6 Å². The largest absolute Gasteiger partial charge is 0.487 e. The number of halogens is 1. The van der Waals surface area contributed by atoms with Crippen molar-refractivity contribution in [2.75, 3.05) is 0 Å². The second-order valence-electron chi connectivity index (χ2n) is 6.53. The normalized spacial score (nSPS) is 15.9. The molecule has 1 fully saturated rings. The third-order valence-electron chi connectivity index (χ3n) is 4.39. The van der Waals surface area contributed by atoms with Crippen molar-refractivity contribution in [2.24, 2.45) is 0 Å². The van der Waals surface area contributed by atoms with E-state index in [2.05, 4.69) is 0 Å². The molecule has 2 aromatic rings. The molecule has 4 nitrogen and oxygen atoms in total. The molecule has 138 valence electrons. The van der Waals surface area contributed by atoms with Crippen LogP contribution in [0.5, 0.6) is 11.5 Å². The summed E-state index contributed by atoms with van der Waals surface area (Å²) in [6, 6.07) is 15.2. The van der Waals surface area contributed by atoms with Gasteiger partial charge in [0.15, 0.2) is 0 Å². The standard InChI is InChI=1S/C21H23ClO4/c1-16(23)25-21(12-6-3-7-13-21)26-18-10-11-20(19(22)14-18)24-15-17-8-4-2-5-9-17/h2,4-5,8-11,14H,3,6-7,12-13,15H2,1H3. The molecule has 5 heteroatoms. The van der Waals surface area contributed by atoms with Gasteiger partial charge in [-0.15, -0.1) is 0 Å². The highest BCUT2D eigenvalue weighted by Crippen LogP contribution is 2.37. The van der Waals surface area contributed by atoms with Crippen LogP contribution in [0.25, 0.3) is 0 Å². The summed E-state index contributed by atoms with van der Waals surface area (Å²) >= 11 is 6.35. The van der Waals surface area contributed by atoms with Gasteiger partial charge in [0.1, 0.15) is 18.1 Å². The van der Waals surface area contributed by atoms with E-state index >= 15 is 0 Å². The van der Waals surface area contributed by atoms with Crippen LogP contribution in [0.15, 0.2) is 48.5 Å². The first-order chi connectivity index (χ1) is 12.6. The molecule has 0 bridgehead atoms. The lowest BCUT2D eigenvalue weighted by Gasteiger charge is -2.36. The average Bonchev–Trinajstić information content (AvgIpc) is 2.62. The Morgan fingerprint density at radius 2 is 1.81 bits per heavy atom. The Kier molecular flexibility index (Phi) is 6.04. The number of carbonyl (C=O) groups is 1. The van der Waals surface area contributed by atoms with E-state index in [1.54, 1.807) is 18.2 Å². The summed E-state index contributed by atoms with van der Waals surface area (Å²) in [5.41, 5.74) is 1.07. The fourth-order valence-electron chi connectivity index (χ4n) is 3.19. The fraction of sp³-hybridized carbons (Fsp3) is 0.381. The Balaban J connectivity index is 1.68. The van der Waals surface area contributed by atoms with Crippen molar-refractivity contribution >= 4 is 17.6 Å². The van der Waals surface area contributed by atoms with E-state index in [4.69, 9.17) is 25.8 Å². The van der Waals surface area contributed by atoms with E-state index in [0.717, 1.165) is 24.8 Å². The number of esters is 1. The molecular formula is C21H23ClO4. The van der Waals surface area contributed by atoms with Crippen molar-refractivity contribution in [2.45, 2.75) is 51.4 Å². The Bertz CT molecular complexity index is 739. The smallest absolute Gasteiger partial charge is 0.305 e. The number of hydrogen-bond acceptors (Lipinski definition) is 4. The molecule has 0 aromatic heterocycles. The molecule has 1 saturated carbocycles. The van der Waals surface area contributed by atoms with Crippen LogP contribution >= 0.6 is 11.6 Å². The summed E-state index contributed by atoms with van der Waals surface area (Å²) in [4.78, 5) is 11.5. The molecule has 0 spiro atoms. The van der Waals surface area contributed by atoms with Crippen molar-refractivity contribution in [1.29, 1.82) is 0 Å². The van der Waals surface area contributed by atoms with E-state index in [1.807, 2.05) is 30.3 Å². The first kappa shape index (κ1) is 18.6. The van der Waals surface area contributed by atoms with Gasteiger partial charge >= 0.3 is 5.97 Å². The molecule has 3 rings (SSSR count). The monoisotopic (exact) mass is 374 g/mol. The van der Waals surface area contributed by atoms with Crippen molar-refractivity contribution < 1.29 is 19.0 Å². The zero-order valence-electron chi connectivity index (χ0n) is 14.9. The first-order valence-corrected chi connectivity index (χ1v) is 9.29. The maximum absolute atomic E-state index is 11.5. The van der Waals surface area contributed by atoms with Crippen LogP contribution in [-0.4, -0.2) is 11.8 Å². The fourth-order valence-corrected chi connectivity index (χ4v) is 3.41. The molecule has 26 heavy (non-hydrogen) atoms. The minimum Gasteiger partial charge on any atom is -0.487 e. The van der Waals surface area contributed by atoms with Gasteiger partial charge in [0.2, 0.25) is 0 Å². The molecule has 0 heterocycles. The molecule has 0 saturated heterocycles. The molecule has 2 aromatic carbocycles. The van der Waals surface area contributed by atoms with Crippen molar-refractivity contribution in [3.8, 4) is 11.5 Å². The van der Waals surface area contributed by atoms with E-state index in [-0.39, 0.29) is 5.97 Å². The predicted molar refractivity (Wildman–Crippen MR) is 100 cm³/mol. The number of hydrogen-bond donors (Lipinski definition) is 0. The summed E-state index contributed by atoms with van der Waals surface area (Å²) in [6.07, 6.45) is 4.45. The van der Waals surface area contributed by atoms with Crippen LogP contribution < -0.4 is 9.47 Å². The quantitative estimate of drug-likeness (QED) is 0.493. The van der Waals surface area contributed by atoms with Gasteiger partial charge in [-0.3, -0.25) is 4.79 Å². The Hall–Kier alpha value is -2.20. The second-order valence-corrected chi connectivity index (χ2v) is 6.94. The highest BCUT2D eigenvalue weighted by atomic mass is 35.5. The van der Waals surface area contributed by atoms with Crippen LogP contribution in [0, 0.1) is 0 Å². The zero-order valence-corrected chi connectivity index (χ0v) is 15.6. The first-order valence-electron chi connectivity index (χ1n) is 8.91. The van der Waals surface area contributed by atoms with Gasteiger partial charge in [-0.2, -0.15) is 0 Å². The molecule has 0 radical (unpaired) electrons. The molecule has 1 aliphatic carbocycles. The number of carbonyl (C=O) groups excluding carboxylic acids is 1. The van der Waals surface area contributed by atoms with Crippen LogP contribution in [0.2, 0.25) is 5.02 Å². The molecule has 1 aliphatic rings. The van der Waals surface area contributed by atoms with Gasteiger partial charge in [-0.1, -0.05) is 48.4 Å². The van der Waals surface area contributed by atoms with Crippen molar-refractivity contribution in [1.82, 2.24) is 0 Å². The highest BCUT2D eigenvalue weighted by molar-refractivity contribution is 6.32. The lowest BCUT2D eigenvalue weighted by Crippen LogP contribution is -2.42. The van der Waals surface area contributed by atoms with E-state index in [0.29, 0.717) is 36.0 Å². The number of ether oxygens (including phenoxy) is 3. The third kappa shape index (κ3) is 4.92. The summed E-state index contributed by atoms with van der Waals surface area (Å²) in [7, 11) is 0. The topological polar surface area (TPSA) is 44.8 Å². The predicted octanol–water partition coefficient (Wildman–Crippen LogP) is 5.52. The number of rotatable bonds is 6. The van der Waals surface area contributed by atoms with E-state index < -0.39 is 5.79 Å². The lowest BCUT2D eigenvalue weighted by molar-refractivity contribution is -0.206. The minimum absolute atomic E-state index is 0.333. The van der Waals surface area contributed by atoms with Gasteiger partial charge in [0, 0.05) is 25.8 Å². The maximum Gasteiger partial charge on any atom is 0.305 e. The van der Waals surface area contributed by atoms with Crippen molar-refractivity contribution in [3.63, 3.8) is 0 Å². The van der Waals surface area contributed by atoms with Gasteiger partial charge in [0.05, 0.1) is 5.02 Å². The lowest BCUT2D eigenvalue weighted by atomic mass is 9.94. The summed E-state index contributed by atoms with van der Waals surface area (Å²) in [6.45, 7) is 1.85. The summed E-state index contributed by atoms with van der Waals surface area (Å²) in [5.74, 6) is -0.0566. The molecule has 0 unspecified atom stereocenters. The molecular weight excluding hydrogens is 352 g/mol. The SMILES string of the molecule is CC(=O)OC1(Oc2ccc(OCc3ccccc3)c(Cl)c2)CCCCC1. The van der Waals surface area contributed by atoms with Crippen LogP contribution in [0.3, 0.4) is 0 Å². The molecule has 0 N–H and O–H groups in total. The van der Waals surface area contributed by atoms with Crippen LogP contribution in [0.4, 0.5) is 0 Å². The summed E-state index contributed by atoms with van der Waals surface area (Å²) in [5, 5.41) is 0.465. The average molecular weight is 375 g/mol. The minimum atomic E-state index is -0.889. The van der Waals surface area contributed by atoms with Gasteiger partial charge in [-0.25, -0.2) is 0 Å². The Morgan fingerprint density at radius 1 is 1.08 bits per heavy atom. The van der Waals surface area contributed by atoms with Crippen LogP contribution in [-0.2, 0) is 16.1 Å². The summed E-state index contributed by atoms with van der Waals surface area (Å²) < 4.78 is 17.4. The molecule has 0 aliphatic heterocycles. The van der Waals surface area contributed by atoms with E-state index in [9.17, 15) is 4.79 Å². The Morgan fingerprint density at radius 3 is 2.46 bits per heavy atom. The highest BCUT2D eigenvalue weighted by Gasteiger charge is 2.37.